The highest BCUT2D eigenvalue weighted by Gasteiger charge is 2.12. The smallest absolute Gasteiger partial charge is 0.237 e. The van der Waals surface area contributed by atoms with Crippen LogP contribution in [0.1, 0.15) is 18.9 Å². The summed E-state index contributed by atoms with van der Waals surface area (Å²) in [5.41, 5.74) is 3.29. The number of nitrogens with one attached hydrogen (secondary N) is 2. The van der Waals surface area contributed by atoms with Crippen molar-refractivity contribution in [1.82, 2.24) is 10.6 Å². The van der Waals surface area contributed by atoms with E-state index < -0.39 is 0 Å². The van der Waals surface area contributed by atoms with Gasteiger partial charge in [-0.2, -0.15) is 0 Å². The predicted octanol–water partition coefficient (Wildman–Crippen LogP) is 4.74. The van der Waals surface area contributed by atoms with Crippen LogP contribution in [0.4, 0.5) is 0 Å². The first-order chi connectivity index (χ1) is 11.5. The molecule has 0 radical (unpaired) electrons. The van der Waals surface area contributed by atoms with Crippen molar-refractivity contribution in [3.8, 4) is 11.1 Å². The highest BCUT2D eigenvalue weighted by atomic mass is 35.5. The summed E-state index contributed by atoms with van der Waals surface area (Å²) in [6, 6.07) is 13.7. The number of hydrogen-bond donors (Lipinski definition) is 2. The van der Waals surface area contributed by atoms with Crippen molar-refractivity contribution < 1.29 is 4.79 Å². The molecule has 0 heterocycles. The van der Waals surface area contributed by atoms with E-state index in [-0.39, 0.29) is 24.4 Å². The maximum atomic E-state index is 11.9. The second-order valence-electron chi connectivity index (χ2n) is 5.62. The minimum absolute atomic E-state index is 0. The SMILES string of the molecule is CC[C@H](NC)C(=O)NCCc1ccc(-c2ccc(Cl)c(Cl)c2)cc1.Cl. The van der Waals surface area contributed by atoms with Gasteiger partial charge >= 0.3 is 0 Å². The van der Waals surface area contributed by atoms with Gasteiger partial charge in [-0.3, -0.25) is 4.79 Å². The molecular formula is C19H23Cl3N2O. The van der Waals surface area contributed by atoms with Gasteiger partial charge in [0.25, 0.3) is 0 Å². The molecule has 0 saturated heterocycles. The fourth-order valence-corrected chi connectivity index (χ4v) is 2.81. The Labute approximate surface area is 165 Å². The van der Waals surface area contributed by atoms with Crippen LogP contribution < -0.4 is 10.6 Å². The molecule has 1 atom stereocenters. The van der Waals surface area contributed by atoms with E-state index in [1.54, 1.807) is 13.1 Å². The number of benzene rings is 2. The van der Waals surface area contributed by atoms with Crippen LogP contribution in [0.2, 0.25) is 10.0 Å². The minimum atomic E-state index is -0.123. The number of hydrogen-bond acceptors (Lipinski definition) is 2. The first kappa shape index (κ1) is 21.8. The van der Waals surface area contributed by atoms with E-state index in [2.05, 4.69) is 34.9 Å². The van der Waals surface area contributed by atoms with Crippen molar-refractivity contribution in [2.24, 2.45) is 0 Å². The van der Waals surface area contributed by atoms with Gasteiger partial charge in [0.2, 0.25) is 5.91 Å². The molecule has 136 valence electrons. The molecule has 0 aliphatic rings. The number of amides is 1. The number of carbonyl (C=O) groups excluding carboxylic acids is 1. The van der Waals surface area contributed by atoms with E-state index >= 15 is 0 Å². The highest BCUT2D eigenvalue weighted by Crippen LogP contribution is 2.28. The molecule has 0 aromatic heterocycles. The van der Waals surface area contributed by atoms with Gasteiger partial charge in [0.15, 0.2) is 0 Å². The van der Waals surface area contributed by atoms with E-state index in [0.29, 0.717) is 16.6 Å². The quantitative estimate of drug-likeness (QED) is 0.703. The molecule has 0 fully saturated rings. The zero-order valence-corrected chi connectivity index (χ0v) is 16.6. The number of halogens is 3. The molecule has 0 unspecified atom stereocenters. The molecule has 3 nitrogen and oxygen atoms in total. The van der Waals surface area contributed by atoms with Gasteiger partial charge in [0.05, 0.1) is 16.1 Å². The van der Waals surface area contributed by atoms with Gasteiger partial charge in [0.1, 0.15) is 0 Å². The third-order valence-corrected chi connectivity index (χ3v) is 4.73. The van der Waals surface area contributed by atoms with E-state index in [1.807, 2.05) is 19.1 Å². The Bertz CT molecular complexity index is 686. The average molecular weight is 402 g/mol. The van der Waals surface area contributed by atoms with Crippen LogP contribution >= 0.6 is 35.6 Å². The monoisotopic (exact) mass is 400 g/mol. The van der Waals surface area contributed by atoms with Crippen molar-refractivity contribution >= 4 is 41.5 Å². The van der Waals surface area contributed by atoms with Crippen LogP contribution in [0.3, 0.4) is 0 Å². The van der Waals surface area contributed by atoms with Gasteiger partial charge in [-0.15, -0.1) is 12.4 Å². The third kappa shape index (κ3) is 6.19. The first-order valence-corrected chi connectivity index (χ1v) is 8.80. The summed E-state index contributed by atoms with van der Waals surface area (Å²) in [5.74, 6) is 0.0485. The lowest BCUT2D eigenvalue weighted by Crippen LogP contribution is -2.42. The van der Waals surface area contributed by atoms with Gasteiger partial charge < -0.3 is 10.6 Å². The molecule has 1 amide bonds. The van der Waals surface area contributed by atoms with E-state index in [1.165, 1.54) is 5.56 Å². The standard InChI is InChI=1S/C19H22Cl2N2O.ClH/c1-3-18(22-2)19(24)23-11-10-13-4-6-14(7-5-13)15-8-9-16(20)17(21)12-15;/h4-9,12,18,22H,3,10-11H2,1-2H3,(H,23,24);1H/t18-;/m0./s1. The first-order valence-electron chi connectivity index (χ1n) is 8.04. The largest absolute Gasteiger partial charge is 0.354 e. The van der Waals surface area contributed by atoms with Crippen LogP contribution in [0.25, 0.3) is 11.1 Å². The predicted molar refractivity (Wildman–Crippen MR) is 109 cm³/mol. The van der Waals surface area contributed by atoms with E-state index in [4.69, 9.17) is 23.2 Å². The number of rotatable bonds is 7. The lowest BCUT2D eigenvalue weighted by atomic mass is 10.0. The fourth-order valence-electron chi connectivity index (χ4n) is 2.51. The summed E-state index contributed by atoms with van der Waals surface area (Å²) in [7, 11) is 1.80. The van der Waals surface area contributed by atoms with Crippen LogP contribution in [-0.2, 0) is 11.2 Å². The van der Waals surface area contributed by atoms with Crippen molar-refractivity contribution in [3.05, 3.63) is 58.1 Å². The third-order valence-electron chi connectivity index (χ3n) is 3.99. The van der Waals surface area contributed by atoms with Crippen LogP contribution in [0, 0.1) is 0 Å². The van der Waals surface area contributed by atoms with Crippen LogP contribution in [0.15, 0.2) is 42.5 Å². The maximum absolute atomic E-state index is 11.9. The maximum Gasteiger partial charge on any atom is 0.237 e. The summed E-state index contributed by atoms with van der Waals surface area (Å²) in [6.45, 7) is 2.62. The van der Waals surface area contributed by atoms with Crippen molar-refractivity contribution in [1.29, 1.82) is 0 Å². The minimum Gasteiger partial charge on any atom is -0.354 e. The molecule has 2 aromatic carbocycles. The van der Waals surface area contributed by atoms with Gasteiger partial charge in [-0.1, -0.05) is 60.5 Å². The second-order valence-corrected chi connectivity index (χ2v) is 6.43. The molecule has 25 heavy (non-hydrogen) atoms. The van der Waals surface area contributed by atoms with Crippen molar-refractivity contribution in [3.63, 3.8) is 0 Å². The molecule has 0 aliphatic carbocycles. The molecule has 0 bridgehead atoms. The lowest BCUT2D eigenvalue weighted by molar-refractivity contribution is -0.123. The zero-order chi connectivity index (χ0) is 17.5. The Hall–Kier alpha value is -1.26. The molecular weight excluding hydrogens is 379 g/mol. The summed E-state index contributed by atoms with van der Waals surface area (Å²) in [4.78, 5) is 11.9. The van der Waals surface area contributed by atoms with Crippen LogP contribution in [-0.4, -0.2) is 25.5 Å². The molecule has 0 aliphatic heterocycles. The van der Waals surface area contributed by atoms with Crippen molar-refractivity contribution in [2.75, 3.05) is 13.6 Å². The van der Waals surface area contributed by atoms with E-state index in [0.717, 1.165) is 24.0 Å². The lowest BCUT2D eigenvalue weighted by Gasteiger charge is -2.13. The fraction of sp³-hybridized carbons (Fsp3) is 0.316. The zero-order valence-electron chi connectivity index (χ0n) is 14.3. The molecule has 2 rings (SSSR count). The Morgan fingerprint density at radius 1 is 1.04 bits per heavy atom. The number of carbonyl (C=O) groups is 1. The Balaban J connectivity index is 0.00000312. The Morgan fingerprint density at radius 2 is 1.68 bits per heavy atom. The highest BCUT2D eigenvalue weighted by molar-refractivity contribution is 6.42. The van der Waals surface area contributed by atoms with Crippen molar-refractivity contribution in [2.45, 2.75) is 25.8 Å². The summed E-state index contributed by atoms with van der Waals surface area (Å²) < 4.78 is 0. The summed E-state index contributed by atoms with van der Waals surface area (Å²) in [6.07, 6.45) is 1.58. The molecule has 2 aromatic rings. The van der Waals surface area contributed by atoms with Gasteiger partial charge in [-0.05, 0) is 48.7 Å². The van der Waals surface area contributed by atoms with Gasteiger partial charge in [0, 0.05) is 6.54 Å². The topological polar surface area (TPSA) is 41.1 Å². The number of likely N-dealkylation sites (N-methyl/N-ethyl adjacent to an activating group) is 1. The molecule has 2 N–H and O–H groups in total. The molecule has 0 saturated carbocycles. The normalized spacial score (nSPS) is 11.5. The Morgan fingerprint density at radius 3 is 2.24 bits per heavy atom. The molecule has 0 spiro atoms. The second kappa shape index (κ2) is 10.7. The van der Waals surface area contributed by atoms with E-state index in [9.17, 15) is 4.79 Å². The average Bonchev–Trinajstić information content (AvgIpc) is 2.59. The van der Waals surface area contributed by atoms with Crippen LogP contribution in [0.5, 0.6) is 0 Å². The molecule has 6 heteroatoms. The van der Waals surface area contributed by atoms with Gasteiger partial charge in [-0.25, -0.2) is 0 Å². The summed E-state index contributed by atoms with van der Waals surface area (Å²) >= 11 is 12.0. The summed E-state index contributed by atoms with van der Waals surface area (Å²) in [5, 5.41) is 7.07. The Kier molecular flexibility index (Phi) is 9.30.